The Kier molecular flexibility index (Phi) is 1.95. The molecule has 0 atom stereocenters. The normalized spacial score (nSPS) is 14.1. The predicted molar refractivity (Wildman–Crippen MR) is 62.9 cm³/mol. The van der Waals surface area contributed by atoms with Gasteiger partial charge in [-0.25, -0.2) is 0 Å². The van der Waals surface area contributed by atoms with Crippen molar-refractivity contribution in [1.29, 1.82) is 0 Å². The maximum Gasteiger partial charge on any atom is 0.145 e. The number of thioether (sulfide) groups is 1. The molecule has 0 saturated heterocycles. The van der Waals surface area contributed by atoms with Gasteiger partial charge in [0.05, 0.1) is 5.69 Å². The van der Waals surface area contributed by atoms with Crippen molar-refractivity contribution in [3.63, 3.8) is 0 Å². The summed E-state index contributed by atoms with van der Waals surface area (Å²) in [6.45, 7) is 0. The van der Waals surface area contributed by atoms with Gasteiger partial charge >= 0.3 is 0 Å². The molecular formula is C11H11N3S. The Balaban J connectivity index is 2.06. The molecule has 0 fully saturated rings. The average Bonchev–Trinajstić information content (AvgIpc) is 2.84. The first-order valence-corrected chi connectivity index (χ1v) is 5.88. The van der Waals surface area contributed by atoms with Crippen molar-refractivity contribution in [1.82, 2.24) is 10.2 Å². The number of hydrogen-bond acceptors (Lipinski definition) is 3. The van der Waals surface area contributed by atoms with Crippen LogP contribution in [0.15, 0.2) is 29.2 Å². The van der Waals surface area contributed by atoms with E-state index in [1.807, 2.05) is 17.8 Å². The summed E-state index contributed by atoms with van der Waals surface area (Å²) in [7, 11) is 0. The molecule has 3 N–H and O–H groups in total. The average molecular weight is 217 g/mol. The second-order valence-corrected chi connectivity index (χ2v) is 4.76. The number of H-pyrrole nitrogens is 1. The fourth-order valence-corrected chi connectivity index (χ4v) is 2.89. The number of nitrogen functional groups attached to an aromatic ring is 1. The maximum absolute atomic E-state index is 5.58. The van der Waals surface area contributed by atoms with Crippen LogP contribution in [0.25, 0.3) is 11.3 Å². The summed E-state index contributed by atoms with van der Waals surface area (Å²) in [6, 6.07) is 8.38. The fourth-order valence-electron chi connectivity index (χ4n) is 1.84. The Morgan fingerprint density at radius 3 is 3.07 bits per heavy atom. The first-order chi connectivity index (χ1) is 7.33. The Labute approximate surface area is 92.1 Å². The number of nitrogens with one attached hydrogen (secondary N) is 1. The van der Waals surface area contributed by atoms with Crippen LogP contribution in [0.1, 0.15) is 5.56 Å². The highest BCUT2D eigenvalue weighted by molar-refractivity contribution is 7.99. The van der Waals surface area contributed by atoms with Gasteiger partial charge in [0.2, 0.25) is 0 Å². The van der Waals surface area contributed by atoms with Crippen molar-refractivity contribution in [2.24, 2.45) is 0 Å². The number of hydrogen-bond donors (Lipinski definition) is 2. The zero-order valence-corrected chi connectivity index (χ0v) is 8.97. The van der Waals surface area contributed by atoms with Crippen LogP contribution in [0.3, 0.4) is 0 Å². The minimum atomic E-state index is 0.542. The van der Waals surface area contributed by atoms with E-state index in [0.29, 0.717) is 5.82 Å². The van der Waals surface area contributed by atoms with Gasteiger partial charge in [-0.15, -0.1) is 11.8 Å². The van der Waals surface area contributed by atoms with E-state index in [9.17, 15) is 0 Å². The van der Waals surface area contributed by atoms with Crippen LogP contribution in [0.5, 0.6) is 0 Å². The van der Waals surface area contributed by atoms with Crippen LogP contribution >= 0.6 is 11.8 Å². The molecule has 1 aliphatic rings. The summed E-state index contributed by atoms with van der Waals surface area (Å²) in [5.41, 5.74) is 9.18. The van der Waals surface area contributed by atoms with Crippen molar-refractivity contribution >= 4 is 17.6 Å². The van der Waals surface area contributed by atoms with Gasteiger partial charge in [0, 0.05) is 16.7 Å². The third kappa shape index (κ3) is 1.51. The molecule has 0 radical (unpaired) electrons. The lowest BCUT2D eigenvalue weighted by atomic mass is 10.1. The lowest BCUT2D eigenvalue weighted by molar-refractivity contribution is 1.10. The van der Waals surface area contributed by atoms with Gasteiger partial charge in [0.25, 0.3) is 0 Å². The molecule has 0 unspecified atom stereocenters. The van der Waals surface area contributed by atoms with Crippen LogP contribution < -0.4 is 5.73 Å². The van der Waals surface area contributed by atoms with Gasteiger partial charge in [-0.2, -0.15) is 5.10 Å². The summed E-state index contributed by atoms with van der Waals surface area (Å²) >= 11 is 1.93. The molecule has 3 rings (SSSR count). The topological polar surface area (TPSA) is 54.7 Å². The van der Waals surface area contributed by atoms with Gasteiger partial charge in [0.1, 0.15) is 5.82 Å². The van der Waals surface area contributed by atoms with Crippen LogP contribution in [-0.4, -0.2) is 16.0 Å². The van der Waals surface area contributed by atoms with Gasteiger partial charge in [-0.1, -0.05) is 6.07 Å². The third-order valence-corrected chi connectivity index (χ3v) is 3.72. The van der Waals surface area contributed by atoms with E-state index in [2.05, 4.69) is 28.4 Å². The maximum atomic E-state index is 5.58. The number of aromatic nitrogens is 2. The molecule has 1 aliphatic heterocycles. The quantitative estimate of drug-likeness (QED) is 0.770. The second kappa shape index (κ2) is 3.31. The van der Waals surface area contributed by atoms with Crippen LogP contribution in [0.4, 0.5) is 5.82 Å². The number of nitrogens with two attached hydrogens (primary N) is 1. The molecule has 2 aromatic rings. The van der Waals surface area contributed by atoms with E-state index >= 15 is 0 Å². The summed E-state index contributed by atoms with van der Waals surface area (Å²) in [5.74, 6) is 1.74. The Morgan fingerprint density at radius 2 is 2.27 bits per heavy atom. The summed E-state index contributed by atoms with van der Waals surface area (Å²) in [4.78, 5) is 1.41. The van der Waals surface area contributed by atoms with Crippen molar-refractivity contribution < 1.29 is 0 Å². The number of fused-ring (bicyclic) bond motifs is 1. The number of nitrogens with zero attached hydrogens (tertiary/aromatic N) is 1. The SMILES string of the molecule is Nc1cc(-c2ccc3c(c2)CCS3)[nH]n1. The van der Waals surface area contributed by atoms with E-state index in [1.165, 1.54) is 21.8 Å². The highest BCUT2D eigenvalue weighted by Crippen LogP contribution is 2.33. The second-order valence-electron chi connectivity index (χ2n) is 3.63. The van der Waals surface area contributed by atoms with Crippen molar-refractivity contribution in [3.8, 4) is 11.3 Å². The molecule has 76 valence electrons. The number of benzene rings is 1. The van der Waals surface area contributed by atoms with E-state index in [1.54, 1.807) is 0 Å². The number of aryl methyl sites for hydroxylation is 1. The summed E-state index contributed by atoms with van der Waals surface area (Å²) < 4.78 is 0. The molecule has 15 heavy (non-hydrogen) atoms. The molecule has 0 amide bonds. The molecular weight excluding hydrogens is 206 g/mol. The molecule has 1 aromatic carbocycles. The highest BCUT2D eigenvalue weighted by Gasteiger charge is 2.12. The lowest BCUT2D eigenvalue weighted by Gasteiger charge is -2.01. The first-order valence-electron chi connectivity index (χ1n) is 4.90. The van der Waals surface area contributed by atoms with E-state index in [-0.39, 0.29) is 0 Å². The number of rotatable bonds is 1. The van der Waals surface area contributed by atoms with Crippen molar-refractivity contribution in [2.75, 3.05) is 11.5 Å². The largest absolute Gasteiger partial charge is 0.382 e. The van der Waals surface area contributed by atoms with Gasteiger partial charge in [0.15, 0.2) is 0 Å². The fraction of sp³-hybridized carbons (Fsp3) is 0.182. The van der Waals surface area contributed by atoms with E-state index in [0.717, 1.165) is 12.1 Å². The molecule has 0 saturated carbocycles. The Bertz CT molecular complexity index is 504. The molecule has 3 nitrogen and oxygen atoms in total. The lowest BCUT2D eigenvalue weighted by Crippen LogP contribution is -1.83. The van der Waals surface area contributed by atoms with E-state index < -0.39 is 0 Å². The summed E-state index contributed by atoms with van der Waals surface area (Å²) in [5, 5.41) is 6.87. The molecule has 4 heteroatoms. The zero-order valence-electron chi connectivity index (χ0n) is 8.16. The molecule has 1 aromatic heterocycles. The zero-order chi connectivity index (χ0) is 10.3. The molecule has 2 heterocycles. The summed E-state index contributed by atoms with van der Waals surface area (Å²) in [6.07, 6.45) is 1.16. The van der Waals surface area contributed by atoms with Gasteiger partial charge < -0.3 is 5.73 Å². The minimum absolute atomic E-state index is 0.542. The van der Waals surface area contributed by atoms with Crippen LogP contribution in [0.2, 0.25) is 0 Å². The standard InChI is InChI=1S/C11H11N3S/c12-11-6-9(13-14-11)7-1-2-10-8(5-7)3-4-15-10/h1-2,5-6H,3-4H2,(H3,12,13,14). The van der Waals surface area contributed by atoms with Gasteiger partial charge in [-0.3, -0.25) is 5.10 Å². The van der Waals surface area contributed by atoms with Crippen molar-refractivity contribution in [2.45, 2.75) is 11.3 Å². The Morgan fingerprint density at radius 1 is 1.33 bits per heavy atom. The van der Waals surface area contributed by atoms with Crippen LogP contribution in [-0.2, 0) is 6.42 Å². The van der Waals surface area contributed by atoms with E-state index in [4.69, 9.17) is 5.73 Å². The highest BCUT2D eigenvalue weighted by atomic mass is 32.2. The van der Waals surface area contributed by atoms with Crippen LogP contribution in [0, 0.1) is 0 Å². The smallest absolute Gasteiger partial charge is 0.145 e. The Hall–Kier alpha value is -1.42. The number of anilines is 1. The molecule has 0 spiro atoms. The number of aromatic amines is 1. The van der Waals surface area contributed by atoms with Gasteiger partial charge in [-0.05, 0) is 29.7 Å². The molecule has 0 aliphatic carbocycles. The predicted octanol–water partition coefficient (Wildman–Crippen LogP) is 2.31. The molecule has 0 bridgehead atoms. The minimum Gasteiger partial charge on any atom is -0.382 e. The third-order valence-electron chi connectivity index (χ3n) is 2.60. The monoisotopic (exact) mass is 217 g/mol. The first kappa shape index (κ1) is 8.85. The van der Waals surface area contributed by atoms with Crippen molar-refractivity contribution in [3.05, 3.63) is 29.8 Å².